The van der Waals surface area contributed by atoms with Gasteiger partial charge in [0.25, 0.3) is 0 Å². The third-order valence-corrected chi connectivity index (χ3v) is 2.95. The molecule has 100 valence electrons. The molecule has 2 aromatic rings. The predicted octanol–water partition coefficient (Wildman–Crippen LogP) is 4.01. The summed E-state index contributed by atoms with van der Waals surface area (Å²) in [6, 6.07) is 11.4. The van der Waals surface area contributed by atoms with E-state index in [1.165, 1.54) is 12.1 Å². The summed E-state index contributed by atoms with van der Waals surface area (Å²) in [7, 11) is 0. The Morgan fingerprint density at radius 2 is 2.05 bits per heavy atom. The summed E-state index contributed by atoms with van der Waals surface area (Å²) >= 11 is 5.77. The van der Waals surface area contributed by atoms with E-state index in [1.807, 2.05) is 0 Å². The molecular weight excluding hydrogens is 278 g/mol. The highest BCUT2D eigenvalue weighted by Gasteiger charge is 2.13. The maximum absolute atomic E-state index is 11.1. The fourth-order valence-electron chi connectivity index (χ4n) is 1.71. The molecule has 0 aliphatic heterocycles. The Kier molecular flexibility index (Phi) is 3.92. The normalized spacial score (nSPS) is 9.85. The molecule has 0 unspecified atom stereocenters. The van der Waals surface area contributed by atoms with E-state index in [-0.39, 0.29) is 11.3 Å². The van der Waals surface area contributed by atoms with Crippen molar-refractivity contribution < 1.29 is 14.6 Å². The molecule has 0 saturated heterocycles. The molecule has 0 aromatic heterocycles. The molecule has 2 rings (SSSR count). The van der Waals surface area contributed by atoms with Crippen LogP contribution in [0.3, 0.4) is 0 Å². The average Bonchev–Trinajstić information content (AvgIpc) is 2.41. The summed E-state index contributed by atoms with van der Waals surface area (Å²) in [5.41, 5.74) is 1.29. The zero-order chi connectivity index (χ0) is 14.7. The van der Waals surface area contributed by atoms with E-state index in [4.69, 9.17) is 26.7 Å². The van der Waals surface area contributed by atoms with Gasteiger partial charge in [-0.3, -0.25) is 0 Å². The van der Waals surface area contributed by atoms with Crippen LogP contribution in [-0.4, -0.2) is 11.1 Å². The monoisotopic (exact) mass is 287 g/mol. The number of ether oxygens (including phenoxy) is 1. The number of hydrogen-bond donors (Lipinski definition) is 1. The third kappa shape index (κ3) is 2.90. The molecule has 0 heterocycles. The molecule has 0 aliphatic rings. The van der Waals surface area contributed by atoms with Gasteiger partial charge in [0.1, 0.15) is 17.1 Å². The van der Waals surface area contributed by atoms with Crippen molar-refractivity contribution in [2.24, 2.45) is 0 Å². The molecule has 2 aromatic carbocycles. The molecule has 0 saturated carbocycles. The lowest BCUT2D eigenvalue weighted by Crippen LogP contribution is -2.00. The summed E-state index contributed by atoms with van der Waals surface area (Å²) in [6.07, 6.45) is 0. The molecule has 20 heavy (non-hydrogen) atoms. The first-order chi connectivity index (χ1) is 9.51. The molecular formula is C15H10ClNO3. The van der Waals surface area contributed by atoms with Crippen LogP contribution in [0.4, 0.5) is 0 Å². The van der Waals surface area contributed by atoms with Gasteiger partial charge in [-0.25, -0.2) is 4.79 Å². The Bertz CT molecular complexity index is 720. The molecule has 0 aliphatic carbocycles. The molecule has 0 bridgehead atoms. The van der Waals surface area contributed by atoms with Gasteiger partial charge in [-0.05, 0) is 48.9 Å². The SMILES string of the molecule is Cc1cc(Oc2ccc(Cl)cc2C(=O)O)ccc1C#N. The number of aryl methyl sites for hydroxylation is 1. The highest BCUT2D eigenvalue weighted by Crippen LogP contribution is 2.29. The predicted molar refractivity (Wildman–Crippen MR) is 74.4 cm³/mol. The molecule has 0 amide bonds. The molecule has 4 nitrogen and oxygen atoms in total. The van der Waals surface area contributed by atoms with E-state index in [0.717, 1.165) is 5.56 Å². The third-order valence-electron chi connectivity index (χ3n) is 2.72. The fraction of sp³-hybridized carbons (Fsp3) is 0.0667. The van der Waals surface area contributed by atoms with E-state index in [1.54, 1.807) is 31.2 Å². The lowest BCUT2D eigenvalue weighted by Gasteiger charge is -2.10. The molecule has 0 spiro atoms. The van der Waals surface area contributed by atoms with Crippen molar-refractivity contribution >= 4 is 17.6 Å². The van der Waals surface area contributed by atoms with Gasteiger partial charge in [0, 0.05) is 5.02 Å². The number of benzene rings is 2. The number of carboxylic acids is 1. The van der Waals surface area contributed by atoms with Crippen LogP contribution in [0, 0.1) is 18.3 Å². The number of nitrogens with zero attached hydrogens (tertiary/aromatic N) is 1. The van der Waals surface area contributed by atoms with Crippen LogP contribution in [0.2, 0.25) is 5.02 Å². The Hall–Kier alpha value is -2.51. The van der Waals surface area contributed by atoms with Crippen LogP contribution in [0.15, 0.2) is 36.4 Å². The van der Waals surface area contributed by atoms with Gasteiger partial charge in [-0.15, -0.1) is 0 Å². The van der Waals surface area contributed by atoms with Crippen molar-refractivity contribution in [2.45, 2.75) is 6.92 Å². The second kappa shape index (κ2) is 5.64. The highest BCUT2D eigenvalue weighted by atomic mass is 35.5. The Balaban J connectivity index is 2.38. The van der Waals surface area contributed by atoms with Crippen molar-refractivity contribution in [3.8, 4) is 17.6 Å². The minimum absolute atomic E-state index is 0.0143. The van der Waals surface area contributed by atoms with E-state index >= 15 is 0 Å². The number of nitriles is 1. The lowest BCUT2D eigenvalue weighted by molar-refractivity contribution is 0.0694. The van der Waals surface area contributed by atoms with Crippen LogP contribution in [0.1, 0.15) is 21.5 Å². The molecule has 0 radical (unpaired) electrons. The summed E-state index contributed by atoms with van der Waals surface area (Å²) in [5.74, 6) is -0.454. The zero-order valence-electron chi connectivity index (χ0n) is 10.6. The molecule has 5 heteroatoms. The summed E-state index contributed by atoms with van der Waals surface area (Å²) in [6.45, 7) is 1.78. The smallest absolute Gasteiger partial charge is 0.339 e. The molecule has 1 N–H and O–H groups in total. The minimum Gasteiger partial charge on any atom is -0.478 e. The number of carbonyl (C=O) groups is 1. The quantitative estimate of drug-likeness (QED) is 0.926. The average molecular weight is 288 g/mol. The van der Waals surface area contributed by atoms with E-state index in [0.29, 0.717) is 16.3 Å². The number of rotatable bonds is 3. The van der Waals surface area contributed by atoms with Gasteiger partial charge in [0.05, 0.1) is 11.6 Å². The maximum Gasteiger partial charge on any atom is 0.339 e. The van der Waals surface area contributed by atoms with Crippen LogP contribution in [-0.2, 0) is 0 Å². The van der Waals surface area contributed by atoms with Crippen molar-refractivity contribution in [1.82, 2.24) is 0 Å². The highest BCUT2D eigenvalue weighted by molar-refractivity contribution is 6.31. The van der Waals surface area contributed by atoms with Crippen molar-refractivity contribution in [2.75, 3.05) is 0 Å². The maximum atomic E-state index is 11.1. The molecule has 0 fully saturated rings. The van der Waals surface area contributed by atoms with Gasteiger partial charge in [0.2, 0.25) is 0 Å². The zero-order valence-corrected chi connectivity index (χ0v) is 11.3. The van der Waals surface area contributed by atoms with Gasteiger partial charge in [0.15, 0.2) is 0 Å². The van der Waals surface area contributed by atoms with Crippen LogP contribution < -0.4 is 4.74 Å². The topological polar surface area (TPSA) is 70.3 Å². The Morgan fingerprint density at radius 1 is 1.30 bits per heavy atom. The van der Waals surface area contributed by atoms with Crippen molar-refractivity contribution in [1.29, 1.82) is 5.26 Å². The summed E-state index contributed by atoms with van der Waals surface area (Å²) in [4.78, 5) is 11.1. The van der Waals surface area contributed by atoms with E-state index in [9.17, 15) is 4.79 Å². The van der Waals surface area contributed by atoms with E-state index in [2.05, 4.69) is 6.07 Å². The summed E-state index contributed by atoms with van der Waals surface area (Å²) in [5, 5.41) is 18.3. The first-order valence-electron chi connectivity index (χ1n) is 5.72. The lowest BCUT2D eigenvalue weighted by atomic mass is 10.1. The minimum atomic E-state index is -1.12. The Morgan fingerprint density at radius 3 is 2.65 bits per heavy atom. The standard InChI is InChI=1S/C15H10ClNO3/c1-9-6-12(4-2-10(9)8-17)20-14-5-3-11(16)7-13(14)15(18)19/h2-7H,1H3,(H,18,19). The van der Waals surface area contributed by atoms with Crippen LogP contribution in [0.25, 0.3) is 0 Å². The number of carboxylic acid groups (broad SMARTS) is 1. The van der Waals surface area contributed by atoms with Crippen molar-refractivity contribution in [3.63, 3.8) is 0 Å². The number of halogens is 1. The van der Waals surface area contributed by atoms with E-state index < -0.39 is 5.97 Å². The second-order valence-electron chi connectivity index (χ2n) is 4.14. The van der Waals surface area contributed by atoms with Gasteiger partial charge < -0.3 is 9.84 Å². The van der Waals surface area contributed by atoms with Crippen LogP contribution in [0.5, 0.6) is 11.5 Å². The first kappa shape index (κ1) is 13.9. The van der Waals surface area contributed by atoms with Crippen molar-refractivity contribution in [3.05, 3.63) is 58.1 Å². The van der Waals surface area contributed by atoms with Gasteiger partial charge >= 0.3 is 5.97 Å². The largest absolute Gasteiger partial charge is 0.478 e. The summed E-state index contributed by atoms with van der Waals surface area (Å²) < 4.78 is 5.56. The number of hydrogen-bond acceptors (Lipinski definition) is 3. The van der Waals surface area contributed by atoms with Crippen LogP contribution >= 0.6 is 11.6 Å². The first-order valence-corrected chi connectivity index (χ1v) is 6.10. The van der Waals surface area contributed by atoms with Gasteiger partial charge in [-0.1, -0.05) is 11.6 Å². The fourth-order valence-corrected chi connectivity index (χ4v) is 1.88. The number of aromatic carboxylic acids is 1. The van der Waals surface area contributed by atoms with Gasteiger partial charge in [-0.2, -0.15) is 5.26 Å². The molecule has 0 atom stereocenters. The second-order valence-corrected chi connectivity index (χ2v) is 4.57. The Labute approximate surface area is 120 Å².